The van der Waals surface area contributed by atoms with Crippen molar-refractivity contribution in [2.24, 2.45) is 0 Å². The molecule has 1 saturated heterocycles. The molecule has 1 fully saturated rings. The summed E-state index contributed by atoms with van der Waals surface area (Å²) in [6, 6.07) is 3.83. The molecule has 2 amide bonds. The quantitative estimate of drug-likeness (QED) is 0.811. The molecule has 1 heterocycles. The van der Waals surface area contributed by atoms with Gasteiger partial charge in [-0.3, -0.25) is 0 Å². The molecule has 0 atom stereocenters. The second-order valence-electron chi connectivity index (χ2n) is 4.57. The zero-order valence-electron chi connectivity index (χ0n) is 10.9. The van der Waals surface area contributed by atoms with Crippen LogP contribution in [0.3, 0.4) is 0 Å². The van der Waals surface area contributed by atoms with Crippen LogP contribution in [0.1, 0.15) is 10.4 Å². The molecule has 0 saturated carbocycles. The van der Waals surface area contributed by atoms with E-state index in [2.05, 4.69) is 21.2 Å². The van der Waals surface area contributed by atoms with E-state index < -0.39 is 21.8 Å². The SMILES string of the molecule is O=C(O)c1ccc(Br)c(NC(=O)N2CCS(=O)(=O)CC2)c1. The zero-order chi connectivity index (χ0) is 15.6. The molecule has 0 aromatic heterocycles. The Labute approximate surface area is 130 Å². The van der Waals surface area contributed by atoms with Gasteiger partial charge in [0.15, 0.2) is 9.84 Å². The van der Waals surface area contributed by atoms with Gasteiger partial charge in [-0.2, -0.15) is 0 Å². The molecule has 2 rings (SSSR count). The summed E-state index contributed by atoms with van der Waals surface area (Å²) in [6.45, 7) is 0.259. The third-order valence-corrected chi connectivity index (χ3v) is 5.39. The highest BCUT2D eigenvalue weighted by molar-refractivity contribution is 9.10. The first kappa shape index (κ1) is 15.8. The third-order valence-electron chi connectivity index (χ3n) is 3.09. The third kappa shape index (κ3) is 3.94. The number of carbonyl (C=O) groups is 2. The number of halogens is 1. The number of aromatic carboxylic acids is 1. The standard InChI is InChI=1S/C12H13BrN2O5S/c13-9-2-1-8(11(16)17)7-10(9)14-12(18)15-3-5-21(19,20)6-4-15/h1-2,7H,3-6H2,(H,14,18)(H,16,17). The lowest BCUT2D eigenvalue weighted by atomic mass is 10.2. The number of urea groups is 1. The summed E-state index contributed by atoms with van der Waals surface area (Å²) in [5, 5.41) is 11.5. The number of hydrogen-bond donors (Lipinski definition) is 2. The second-order valence-corrected chi connectivity index (χ2v) is 7.73. The van der Waals surface area contributed by atoms with Gasteiger partial charge < -0.3 is 15.3 Å². The van der Waals surface area contributed by atoms with Crippen molar-refractivity contribution in [2.45, 2.75) is 0 Å². The summed E-state index contributed by atoms with van der Waals surface area (Å²) >= 11 is 3.23. The van der Waals surface area contributed by atoms with Crippen LogP contribution in [0, 0.1) is 0 Å². The number of benzene rings is 1. The molecule has 0 spiro atoms. The summed E-state index contributed by atoms with van der Waals surface area (Å²) in [6.07, 6.45) is 0. The number of hydrogen-bond acceptors (Lipinski definition) is 4. The Morgan fingerprint density at radius 3 is 2.43 bits per heavy atom. The van der Waals surface area contributed by atoms with Gasteiger partial charge in [0.05, 0.1) is 22.8 Å². The van der Waals surface area contributed by atoms with E-state index in [9.17, 15) is 18.0 Å². The fourth-order valence-electron chi connectivity index (χ4n) is 1.86. The van der Waals surface area contributed by atoms with Gasteiger partial charge in [-0.1, -0.05) is 0 Å². The average Bonchev–Trinajstić information content (AvgIpc) is 2.40. The van der Waals surface area contributed by atoms with Crippen LogP contribution >= 0.6 is 15.9 Å². The molecule has 9 heteroatoms. The number of sulfone groups is 1. The van der Waals surface area contributed by atoms with Crippen molar-refractivity contribution in [1.29, 1.82) is 0 Å². The van der Waals surface area contributed by atoms with Gasteiger partial charge >= 0.3 is 12.0 Å². The van der Waals surface area contributed by atoms with E-state index in [0.717, 1.165) is 0 Å². The van der Waals surface area contributed by atoms with Crippen molar-refractivity contribution >= 4 is 43.5 Å². The number of carboxylic acid groups (broad SMARTS) is 1. The minimum absolute atomic E-state index is 0.0507. The van der Waals surface area contributed by atoms with E-state index in [1.807, 2.05) is 0 Å². The Bertz CT molecular complexity index is 675. The topological polar surface area (TPSA) is 104 Å². The predicted molar refractivity (Wildman–Crippen MR) is 80.3 cm³/mol. The summed E-state index contributed by atoms with van der Waals surface area (Å²) in [5.41, 5.74) is 0.378. The predicted octanol–water partition coefficient (Wildman–Crippen LogP) is 1.41. The first-order valence-corrected chi connectivity index (χ1v) is 8.69. The molecule has 2 N–H and O–H groups in total. The van der Waals surface area contributed by atoms with Crippen LogP contribution in [0.4, 0.5) is 10.5 Å². The van der Waals surface area contributed by atoms with E-state index in [0.29, 0.717) is 10.2 Å². The molecule has 1 aromatic carbocycles. The molecular weight excluding hydrogens is 364 g/mol. The minimum Gasteiger partial charge on any atom is -0.478 e. The van der Waals surface area contributed by atoms with E-state index in [1.165, 1.54) is 23.1 Å². The maximum absolute atomic E-state index is 12.1. The summed E-state index contributed by atoms with van der Waals surface area (Å²) in [7, 11) is -3.06. The number of rotatable bonds is 2. The smallest absolute Gasteiger partial charge is 0.335 e. The first-order valence-electron chi connectivity index (χ1n) is 6.08. The number of carboxylic acids is 1. The number of nitrogens with one attached hydrogen (secondary N) is 1. The van der Waals surface area contributed by atoms with Gasteiger partial charge in [0.2, 0.25) is 0 Å². The average molecular weight is 377 g/mol. The van der Waals surface area contributed by atoms with Crippen LogP contribution in [0.25, 0.3) is 0 Å². The largest absolute Gasteiger partial charge is 0.478 e. The molecule has 114 valence electrons. The first-order chi connectivity index (χ1) is 9.78. The van der Waals surface area contributed by atoms with Gasteiger partial charge in [-0.25, -0.2) is 18.0 Å². The number of carbonyl (C=O) groups excluding carboxylic acids is 1. The fraction of sp³-hybridized carbons (Fsp3) is 0.333. The lowest BCUT2D eigenvalue weighted by molar-refractivity contribution is 0.0697. The van der Waals surface area contributed by atoms with E-state index in [1.54, 1.807) is 0 Å². The van der Waals surface area contributed by atoms with E-state index >= 15 is 0 Å². The van der Waals surface area contributed by atoms with Gasteiger partial charge in [0.25, 0.3) is 0 Å². The second kappa shape index (κ2) is 6.02. The van der Waals surface area contributed by atoms with Gasteiger partial charge in [0.1, 0.15) is 0 Å². The van der Waals surface area contributed by atoms with Crippen molar-refractivity contribution in [2.75, 3.05) is 29.9 Å². The van der Waals surface area contributed by atoms with Crippen molar-refractivity contribution in [3.63, 3.8) is 0 Å². The lowest BCUT2D eigenvalue weighted by Gasteiger charge is -2.27. The Kier molecular flexibility index (Phi) is 4.52. The molecule has 21 heavy (non-hydrogen) atoms. The van der Waals surface area contributed by atoms with E-state index in [-0.39, 0.29) is 30.2 Å². The molecule has 7 nitrogen and oxygen atoms in total. The Hall–Kier alpha value is -1.61. The highest BCUT2D eigenvalue weighted by Gasteiger charge is 2.25. The van der Waals surface area contributed by atoms with E-state index in [4.69, 9.17) is 5.11 Å². The Morgan fingerprint density at radius 1 is 1.24 bits per heavy atom. The van der Waals surface area contributed by atoms with Gasteiger partial charge in [0, 0.05) is 17.6 Å². The molecule has 0 radical (unpaired) electrons. The molecule has 1 aliphatic heterocycles. The van der Waals surface area contributed by atoms with Crippen molar-refractivity contribution in [1.82, 2.24) is 4.90 Å². The lowest BCUT2D eigenvalue weighted by Crippen LogP contribution is -2.45. The molecule has 0 aliphatic carbocycles. The zero-order valence-corrected chi connectivity index (χ0v) is 13.3. The van der Waals surface area contributed by atoms with Crippen molar-refractivity contribution in [3.8, 4) is 0 Å². The van der Waals surface area contributed by atoms with Crippen LogP contribution < -0.4 is 5.32 Å². The summed E-state index contributed by atoms with van der Waals surface area (Å²) in [5.74, 6) is -1.21. The maximum Gasteiger partial charge on any atom is 0.335 e. The molecule has 0 unspecified atom stereocenters. The normalized spacial score (nSPS) is 17.3. The highest BCUT2D eigenvalue weighted by Crippen LogP contribution is 2.24. The molecular formula is C12H13BrN2O5S. The molecule has 1 aromatic rings. The van der Waals surface area contributed by atoms with Gasteiger partial charge in [-0.05, 0) is 34.1 Å². The van der Waals surface area contributed by atoms with Crippen LogP contribution in [0.5, 0.6) is 0 Å². The van der Waals surface area contributed by atoms with Crippen molar-refractivity contribution < 1.29 is 23.1 Å². The number of amides is 2. The van der Waals surface area contributed by atoms with Crippen LogP contribution in [-0.2, 0) is 9.84 Å². The maximum atomic E-state index is 12.1. The molecule has 0 bridgehead atoms. The monoisotopic (exact) mass is 376 g/mol. The van der Waals surface area contributed by atoms with Crippen LogP contribution in [-0.4, -0.2) is 55.0 Å². The Balaban J connectivity index is 2.09. The summed E-state index contributed by atoms with van der Waals surface area (Å²) in [4.78, 5) is 24.4. The van der Waals surface area contributed by atoms with Crippen LogP contribution in [0.15, 0.2) is 22.7 Å². The molecule has 1 aliphatic rings. The van der Waals surface area contributed by atoms with Crippen molar-refractivity contribution in [3.05, 3.63) is 28.2 Å². The van der Waals surface area contributed by atoms with Crippen LogP contribution in [0.2, 0.25) is 0 Å². The Morgan fingerprint density at radius 2 is 1.86 bits per heavy atom. The van der Waals surface area contributed by atoms with Gasteiger partial charge in [-0.15, -0.1) is 0 Å². The number of nitrogens with zero attached hydrogens (tertiary/aromatic N) is 1. The number of anilines is 1. The minimum atomic E-state index is -3.06. The summed E-state index contributed by atoms with van der Waals surface area (Å²) < 4.78 is 23.2. The highest BCUT2D eigenvalue weighted by atomic mass is 79.9. The fourth-order valence-corrected chi connectivity index (χ4v) is 3.41.